The molecule has 31 heavy (non-hydrogen) atoms. The van der Waals surface area contributed by atoms with Crippen molar-refractivity contribution in [1.82, 2.24) is 4.90 Å². The second kappa shape index (κ2) is 10.0. The zero-order valence-corrected chi connectivity index (χ0v) is 19.4. The van der Waals surface area contributed by atoms with E-state index < -0.39 is 29.2 Å². The van der Waals surface area contributed by atoms with E-state index in [4.69, 9.17) is 4.74 Å². The maximum atomic E-state index is 11.7. The molecule has 1 saturated heterocycles. The van der Waals surface area contributed by atoms with Crippen LogP contribution in [0.2, 0.25) is 0 Å². The van der Waals surface area contributed by atoms with E-state index in [0.29, 0.717) is 11.5 Å². The van der Waals surface area contributed by atoms with Crippen LogP contribution in [0.15, 0.2) is 42.5 Å². The van der Waals surface area contributed by atoms with E-state index in [9.17, 15) is 20.1 Å². The summed E-state index contributed by atoms with van der Waals surface area (Å²) in [6.45, 7) is 2.08. The van der Waals surface area contributed by atoms with Crippen LogP contribution in [0.3, 0.4) is 0 Å². The van der Waals surface area contributed by atoms with Gasteiger partial charge >= 0.3 is 0 Å². The third kappa shape index (κ3) is 5.60. The van der Waals surface area contributed by atoms with Crippen LogP contribution in [0, 0.1) is 6.92 Å². The van der Waals surface area contributed by atoms with E-state index in [1.54, 1.807) is 14.1 Å². The average Bonchev–Trinajstić information content (AvgIpc) is 2.73. The number of ether oxygens (including phenoxy) is 1. The molecule has 0 aliphatic carbocycles. The molecule has 170 valence electrons. The number of nitrogens with zero attached hydrogens (tertiary/aromatic N) is 1. The molecule has 0 radical (unpaired) electrons. The van der Waals surface area contributed by atoms with E-state index >= 15 is 0 Å². The summed E-state index contributed by atoms with van der Waals surface area (Å²) < 4.78 is 5.54. The van der Waals surface area contributed by atoms with Crippen LogP contribution in [0.5, 0.6) is 5.75 Å². The van der Waals surface area contributed by atoms with Crippen LogP contribution < -0.4 is 4.74 Å². The fourth-order valence-corrected chi connectivity index (χ4v) is 6.31. The number of hydrogen-bond donors (Lipinski definition) is 4. The first-order valence-corrected chi connectivity index (χ1v) is 12.5. The van der Waals surface area contributed by atoms with E-state index in [-0.39, 0.29) is 17.8 Å². The van der Waals surface area contributed by atoms with Crippen molar-refractivity contribution in [3.05, 3.63) is 64.7 Å². The van der Waals surface area contributed by atoms with Crippen molar-refractivity contribution in [3.8, 4) is 5.75 Å². The largest absolute Gasteiger partial charge is 0.484 e. The number of carbonyl (C=O) groups excluding carboxylic acids is 1. The Kier molecular flexibility index (Phi) is 7.64. The second-order valence-electron chi connectivity index (χ2n) is 8.52. The number of aryl methyl sites for hydroxylation is 1. The molecular formula is C24H33NO5S. The minimum Gasteiger partial charge on any atom is -0.484 e. The van der Waals surface area contributed by atoms with Crippen molar-refractivity contribution >= 4 is 16.8 Å². The first kappa shape index (κ1) is 23.6. The average molecular weight is 448 g/mol. The van der Waals surface area contributed by atoms with E-state index in [2.05, 4.69) is 25.3 Å². The number of likely N-dealkylation sites (N-methyl/N-ethyl adjacent to an activating group) is 1. The Labute approximate surface area is 186 Å². The molecular weight excluding hydrogens is 414 g/mol. The predicted molar refractivity (Wildman–Crippen MR) is 125 cm³/mol. The number of amides is 1. The lowest BCUT2D eigenvalue weighted by Crippen LogP contribution is -2.47. The summed E-state index contributed by atoms with van der Waals surface area (Å²) >= 11 is 0. The van der Waals surface area contributed by atoms with Crippen LogP contribution in [-0.2, 0) is 11.2 Å². The monoisotopic (exact) mass is 447 g/mol. The number of thiol groups is 1. The van der Waals surface area contributed by atoms with Gasteiger partial charge in [-0.05, 0) is 54.0 Å². The maximum Gasteiger partial charge on any atom is 0.259 e. The molecule has 1 heterocycles. The van der Waals surface area contributed by atoms with E-state index in [0.717, 1.165) is 28.7 Å². The number of hydrogen-bond acceptors (Lipinski definition) is 5. The van der Waals surface area contributed by atoms with Gasteiger partial charge in [0.1, 0.15) is 11.9 Å². The summed E-state index contributed by atoms with van der Waals surface area (Å²) in [7, 11) is 2.75. The predicted octanol–water partition coefficient (Wildman–Crippen LogP) is 1.82. The third-order valence-electron chi connectivity index (χ3n) is 5.91. The molecule has 1 aliphatic heterocycles. The highest BCUT2D eigenvalue weighted by Crippen LogP contribution is 2.48. The Balaban J connectivity index is 1.73. The van der Waals surface area contributed by atoms with Gasteiger partial charge in [-0.3, -0.25) is 4.79 Å². The molecule has 0 spiro atoms. The van der Waals surface area contributed by atoms with Gasteiger partial charge in [0, 0.05) is 25.1 Å². The lowest BCUT2D eigenvalue weighted by Gasteiger charge is -2.42. The summed E-state index contributed by atoms with van der Waals surface area (Å²) in [5.41, 5.74) is 4.44. The summed E-state index contributed by atoms with van der Waals surface area (Å²) in [6.07, 6.45) is -0.137. The number of aliphatic hydroxyl groups is 3. The highest BCUT2D eigenvalue weighted by Gasteiger charge is 2.40. The SMILES string of the molecule is Cc1ccc([C@H]2[C@H](O)[C@H](O)[C@H](O)C[SH]2C)cc1Cc1ccc(OCC(=O)N(C)C)cc1. The first-order valence-electron chi connectivity index (χ1n) is 10.4. The number of rotatable bonds is 6. The summed E-state index contributed by atoms with van der Waals surface area (Å²) in [5.74, 6) is 1.09. The van der Waals surface area contributed by atoms with Crippen molar-refractivity contribution in [2.24, 2.45) is 0 Å². The molecule has 1 amide bonds. The second-order valence-corrected chi connectivity index (χ2v) is 11.0. The van der Waals surface area contributed by atoms with Crippen LogP contribution in [0.4, 0.5) is 0 Å². The molecule has 3 N–H and O–H groups in total. The Morgan fingerprint density at radius 1 is 1.10 bits per heavy atom. The zero-order chi connectivity index (χ0) is 22.7. The van der Waals surface area contributed by atoms with Gasteiger partial charge in [0.15, 0.2) is 6.61 Å². The number of benzene rings is 2. The minimum atomic E-state index is -1.11. The first-order chi connectivity index (χ1) is 14.7. The molecule has 5 atom stereocenters. The van der Waals surface area contributed by atoms with Crippen LogP contribution in [0.25, 0.3) is 0 Å². The molecule has 7 heteroatoms. The lowest BCUT2D eigenvalue weighted by molar-refractivity contribution is -0.130. The summed E-state index contributed by atoms with van der Waals surface area (Å²) in [4.78, 5) is 13.2. The van der Waals surface area contributed by atoms with Gasteiger partial charge in [0.2, 0.25) is 0 Å². The topological polar surface area (TPSA) is 90.2 Å². The Hall–Kier alpha value is -2.06. The fourth-order valence-electron chi connectivity index (χ4n) is 3.91. The Bertz CT molecular complexity index is 901. The van der Waals surface area contributed by atoms with Crippen molar-refractivity contribution in [3.63, 3.8) is 0 Å². The molecule has 0 saturated carbocycles. The highest BCUT2D eigenvalue weighted by molar-refractivity contribution is 8.16. The molecule has 2 aromatic rings. The molecule has 1 fully saturated rings. The van der Waals surface area contributed by atoms with Gasteiger partial charge in [-0.25, -0.2) is 10.9 Å². The van der Waals surface area contributed by atoms with Gasteiger partial charge in [-0.15, -0.1) is 0 Å². The molecule has 1 unspecified atom stereocenters. The van der Waals surface area contributed by atoms with Gasteiger partial charge < -0.3 is 25.0 Å². The minimum absolute atomic E-state index is 0.0117. The van der Waals surface area contributed by atoms with Crippen molar-refractivity contribution in [2.45, 2.75) is 36.9 Å². The molecule has 6 nitrogen and oxygen atoms in total. The van der Waals surface area contributed by atoms with Crippen LogP contribution in [-0.4, -0.2) is 77.1 Å². The quantitative estimate of drug-likeness (QED) is 0.507. The Morgan fingerprint density at radius 3 is 2.42 bits per heavy atom. The standard InChI is InChI=1S/C24H33NO5S/c1-15-5-8-17(24-23(29)22(28)20(26)14-31(24)4)12-18(15)11-16-6-9-19(10-7-16)30-13-21(27)25(2)3/h5-10,12,20,22-24,26,28-29,31H,11,13-14H2,1-4H3/t20-,22-,23-,24+/m1/s1. The smallest absolute Gasteiger partial charge is 0.259 e. The third-order valence-corrected chi connectivity index (χ3v) is 8.41. The van der Waals surface area contributed by atoms with Gasteiger partial charge in [-0.2, -0.15) is 0 Å². The summed E-state index contributed by atoms with van der Waals surface area (Å²) in [5, 5.41) is 30.6. The van der Waals surface area contributed by atoms with E-state index in [1.165, 1.54) is 4.90 Å². The van der Waals surface area contributed by atoms with Gasteiger partial charge in [0.05, 0.1) is 12.2 Å². The Morgan fingerprint density at radius 2 is 1.77 bits per heavy atom. The molecule has 2 aromatic carbocycles. The molecule has 0 bridgehead atoms. The van der Waals surface area contributed by atoms with E-state index in [1.807, 2.05) is 30.3 Å². The maximum absolute atomic E-state index is 11.7. The number of aliphatic hydroxyl groups excluding tert-OH is 3. The van der Waals surface area contributed by atoms with Crippen LogP contribution >= 0.6 is 10.9 Å². The molecule has 0 aromatic heterocycles. The number of carbonyl (C=O) groups is 1. The van der Waals surface area contributed by atoms with Crippen molar-refractivity contribution in [1.29, 1.82) is 0 Å². The van der Waals surface area contributed by atoms with Gasteiger partial charge in [-0.1, -0.05) is 30.3 Å². The van der Waals surface area contributed by atoms with Crippen molar-refractivity contribution < 1.29 is 24.9 Å². The lowest BCUT2D eigenvalue weighted by atomic mass is 9.94. The highest BCUT2D eigenvalue weighted by atomic mass is 32.2. The molecule has 1 aliphatic rings. The fraction of sp³-hybridized carbons (Fsp3) is 0.458. The summed E-state index contributed by atoms with van der Waals surface area (Å²) in [6, 6.07) is 13.9. The zero-order valence-electron chi connectivity index (χ0n) is 18.5. The molecule has 3 rings (SSSR count). The normalized spacial score (nSPS) is 27.0. The van der Waals surface area contributed by atoms with Crippen LogP contribution in [0.1, 0.15) is 27.5 Å². The van der Waals surface area contributed by atoms with Crippen molar-refractivity contribution in [2.75, 3.05) is 32.7 Å². The van der Waals surface area contributed by atoms with Gasteiger partial charge in [0.25, 0.3) is 5.91 Å².